The van der Waals surface area contributed by atoms with Gasteiger partial charge in [0, 0.05) is 41.6 Å². The normalized spacial score (nSPS) is 14.5. The van der Waals surface area contributed by atoms with Crippen molar-refractivity contribution in [3.05, 3.63) is 70.6 Å². The van der Waals surface area contributed by atoms with E-state index in [9.17, 15) is 4.79 Å². The summed E-state index contributed by atoms with van der Waals surface area (Å²) >= 11 is 1.77. The van der Waals surface area contributed by atoms with Gasteiger partial charge in [-0.05, 0) is 67.8 Å². The molecule has 0 amide bonds. The SMILES string of the molecule is CCOC(=O)[C@H](Cc1ccc(OCc2sc(-c3ccc(N4CCOCC4)cc3)cc2C)cc1)OCC. The summed E-state index contributed by atoms with van der Waals surface area (Å²) in [5.74, 6) is 0.478. The zero-order valence-corrected chi connectivity index (χ0v) is 22.1. The van der Waals surface area contributed by atoms with Gasteiger partial charge in [0.2, 0.25) is 0 Å². The number of esters is 1. The third kappa shape index (κ3) is 6.87. The Labute approximate surface area is 217 Å². The number of carbonyl (C=O) groups is 1. The van der Waals surface area contributed by atoms with E-state index in [1.54, 1.807) is 18.3 Å². The maximum Gasteiger partial charge on any atom is 0.335 e. The summed E-state index contributed by atoms with van der Waals surface area (Å²) in [5, 5.41) is 0. The highest BCUT2D eigenvalue weighted by Gasteiger charge is 2.20. The Hall–Kier alpha value is -2.87. The number of morpholine rings is 1. The van der Waals surface area contributed by atoms with Crippen LogP contribution in [0.1, 0.15) is 29.9 Å². The zero-order chi connectivity index (χ0) is 25.3. The number of rotatable bonds is 11. The molecule has 0 saturated carbocycles. The van der Waals surface area contributed by atoms with Crippen molar-refractivity contribution in [1.29, 1.82) is 0 Å². The molecule has 3 aromatic rings. The fourth-order valence-electron chi connectivity index (χ4n) is 4.19. The Kier molecular flexibility index (Phi) is 9.39. The first-order chi connectivity index (χ1) is 17.6. The summed E-state index contributed by atoms with van der Waals surface area (Å²) in [6, 6.07) is 18.9. The summed E-state index contributed by atoms with van der Waals surface area (Å²) in [6.07, 6.45) is -0.109. The van der Waals surface area contributed by atoms with E-state index >= 15 is 0 Å². The average Bonchev–Trinajstić information content (AvgIpc) is 3.29. The van der Waals surface area contributed by atoms with Crippen LogP contribution in [0.3, 0.4) is 0 Å². The largest absolute Gasteiger partial charge is 0.488 e. The molecule has 1 aromatic heterocycles. The number of hydrogen-bond acceptors (Lipinski definition) is 7. The molecule has 1 atom stereocenters. The number of nitrogens with zero attached hydrogens (tertiary/aromatic N) is 1. The van der Waals surface area contributed by atoms with Crippen LogP contribution in [0.2, 0.25) is 0 Å². The second-order valence-corrected chi connectivity index (χ2v) is 9.83. The minimum atomic E-state index is -0.586. The monoisotopic (exact) mass is 509 g/mol. The third-order valence-corrected chi connectivity index (χ3v) is 7.44. The molecule has 1 fully saturated rings. The van der Waals surface area contributed by atoms with Crippen LogP contribution in [0.25, 0.3) is 10.4 Å². The minimum absolute atomic E-state index is 0.320. The number of thiophene rings is 1. The second-order valence-electron chi connectivity index (χ2n) is 8.70. The van der Waals surface area contributed by atoms with Gasteiger partial charge >= 0.3 is 5.97 Å². The number of hydrogen-bond donors (Lipinski definition) is 0. The lowest BCUT2D eigenvalue weighted by atomic mass is 10.1. The molecule has 36 heavy (non-hydrogen) atoms. The van der Waals surface area contributed by atoms with Crippen molar-refractivity contribution >= 4 is 23.0 Å². The molecule has 2 aromatic carbocycles. The Morgan fingerprint density at radius 2 is 1.75 bits per heavy atom. The van der Waals surface area contributed by atoms with E-state index in [2.05, 4.69) is 42.2 Å². The van der Waals surface area contributed by atoms with Gasteiger partial charge in [-0.1, -0.05) is 24.3 Å². The molecule has 7 heteroatoms. The molecular weight excluding hydrogens is 474 g/mol. The molecule has 0 unspecified atom stereocenters. The van der Waals surface area contributed by atoms with Gasteiger partial charge in [0.05, 0.1) is 19.8 Å². The van der Waals surface area contributed by atoms with Crippen molar-refractivity contribution in [2.45, 2.75) is 39.9 Å². The van der Waals surface area contributed by atoms with Crippen LogP contribution in [0.4, 0.5) is 5.69 Å². The standard InChI is InChI=1S/C29H35NO5S/c1-4-33-26(29(31)34-5-2)19-22-6-12-25(13-7-22)35-20-28-21(3)18-27(36-28)23-8-10-24(11-9-23)30-14-16-32-17-15-30/h6-13,18,26H,4-5,14-17,19-20H2,1-3H3/t26-/m0/s1. The maximum atomic E-state index is 12.1. The summed E-state index contributed by atoms with van der Waals surface area (Å²) in [7, 11) is 0. The molecule has 0 aliphatic carbocycles. The van der Waals surface area contributed by atoms with Gasteiger partial charge in [-0.3, -0.25) is 0 Å². The van der Waals surface area contributed by atoms with Crippen LogP contribution in [-0.2, 0) is 32.0 Å². The topological polar surface area (TPSA) is 57.2 Å². The predicted octanol–water partition coefficient (Wildman–Crippen LogP) is 5.65. The van der Waals surface area contributed by atoms with E-state index in [0.29, 0.717) is 26.2 Å². The van der Waals surface area contributed by atoms with Crippen LogP contribution in [0.15, 0.2) is 54.6 Å². The predicted molar refractivity (Wildman–Crippen MR) is 144 cm³/mol. The molecule has 2 heterocycles. The Balaban J connectivity index is 1.34. The Bertz CT molecular complexity index is 1100. The highest BCUT2D eigenvalue weighted by atomic mass is 32.1. The molecule has 4 rings (SSSR count). The van der Waals surface area contributed by atoms with Crippen LogP contribution in [0.5, 0.6) is 5.75 Å². The smallest absolute Gasteiger partial charge is 0.335 e. The number of carbonyl (C=O) groups excluding carboxylic acids is 1. The molecule has 192 valence electrons. The van der Waals surface area contributed by atoms with E-state index in [1.807, 2.05) is 31.2 Å². The summed E-state index contributed by atoms with van der Waals surface area (Å²) in [6.45, 7) is 10.6. The summed E-state index contributed by atoms with van der Waals surface area (Å²) in [4.78, 5) is 16.9. The molecule has 0 spiro atoms. The Morgan fingerprint density at radius 3 is 2.42 bits per heavy atom. The lowest BCUT2D eigenvalue weighted by Crippen LogP contribution is -2.36. The summed E-state index contributed by atoms with van der Waals surface area (Å²) < 4.78 is 22.2. The number of benzene rings is 2. The molecule has 0 radical (unpaired) electrons. The molecule has 1 aliphatic rings. The average molecular weight is 510 g/mol. The quantitative estimate of drug-likeness (QED) is 0.311. The van der Waals surface area contributed by atoms with Crippen molar-refractivity contribution < 1.29 is 23.7 Å². The van der Waals surface area contributed by atoms with Crippen molar-refractivity contribution in [3.8, 4) is 16.2 Å². The van der Waals surface area contributed by atoms with Gasteiger partial charge in [-0.2, -0.15) is 0 Å². The third-order valence-electron chi connectivity index (χ3n) is 6.18. The lowest BCUT2D eigenvalue weighted by molar-refractivity contribution is -0.156. The van der Waals surface area contributed by atoms with Crippen molar-refractivity contribution in [2.24, 2.45) is 0 Å². The number of ether oxygens (including phenoxy) is 4. The van der Waals surface area contributed by atoms with Crippen LogP contribution >= 0.6 is 11.3 Å². The van der Waals surface area contributed by atoms with Crippen LogP contribution < -0.4 is 9.64 Å². The minimum Gasteiger partial charge on any atom is -0.488 e. The van der Waals surface area contributed by atoms with Gasteiger partial charge in [-0.15, -0.1) is 11.3 Å². The van der Waals surface area contributed by atoms with E-state index in [1.165, 1.54) is 26.6 Å². The maximum absolute atomic E-state index is 12.1. The first kappa shape index (κ1) is 26.2. The van der Waals surface area contributed by atoms with Crippen LogP contribution in [0, 0.1) is 6.92 Å². The molecule has 1 aliphatic heterocycles. The lowest BCUT2D eigenvalue weighted by Gasteiger charge is -2.28. The van der Waals surface area contributed by atoms with E-state index in [4.69, 9.17) is 18.9 Å². The fraction of sp³-hybridized carbons (Fsp3) is 0.414. The molecular formula is C29H35NO5S. The molecule has 0 N–H and O–H groups in total. The van der Waals surface area contributed by atoms with Gasteiger partial charge in [0.25, 0.3) is 0 Å². The second kappa shape index (κ2) is 12.9. The highest BCUT2D eigenvalue weighted by Crippen LogP contribution is 2.33. The van der Waals surface area contributed by atoms with Crippen molar-refractivity contribution in [1.82, 2.24) is 0 Å². The number of aryl methyl sites for hydroxylation is 1. The first-order valence-electron chi connectivity index (χ1n) is 12.6. The van der Waals surface area contributed by atoms with E-state index in [0.717, 1.165) is 37.6 Å². The highest BCUT2D eigenvalue weighted by molar-refractivity contribution is 7.15. The first-order valence-corrected chi connectivity index (χ1v) is 13.4. The zero-order valence-electron chi connectivity index (χ0n) is 21.3. The van der Waals surface area contributed by atoms with Gasteiger partial charge in [0.15, 0.2) is 6.10 Å². The van der Waals surface area contributed by atoms with Gasteiger partial charge < -0.3 is 23.8 Å². The Morgan fingerprint density at radius 1 is 1.03 bits per heavy atom. The molecule has 0 bridgehead atoms. The van der Waals surface area contributed by atoms with E-state index in [-0.39, 0.29) is 5.97 Å². The van der Waals surface area contributed by atoms with E-state index < -0.39 is 6.10 Å². The van der Waals surface area contributed by atoms with Crippen LogP contribution in [-0.4, -0.2) is 51.6 Å². The molecule has 6 nitrogen and oxygen atoms in total. The summed E-state index contributed by atoms with van der Waals surface area (Å²) in [5.41, 5.74) is 4.71. The van der Waals surface area contributed by atoms with Crippen molar-refractivity contribution in [2.75, 3.05) is 44.4 Å². The number of anilines is 1. The van der Waals surface area contributed by atoms with Crippen molar-refractivity contribution in [3.63, 3.8) is 0 Å². The van der Waals surface area contributed by atoms with Gasteiger partial charge in [-0.25, -0.2) is 4.79 Å². The van der Waals surface area contributed by atoms with Gasteiger partial charge in [0.1, 0.15) is 12.4 Å². The molecule has 1 saturated heterocycles. The fourth-order valence-corrected chi connectivity index (χ4v) is 5.29.